The third kappa shape index (κ3) is 0.810. The van der Waals surface area contributed by atoms with E-state index in [1.807, 2.05) is 6.92 Å². The molecule has 1 unspecified atom stereocenters. The Labute approximate surface area is 71.0 Å². The first-order valence-electron chi connectivity index (χ1n) is 4.05. The summed E-state index contributed by atoms with van der Waals surface area (Å²) in [5.41, 5.74) is -0.225. The molecule has 62 valence electrons. The minimum Gasteiger partial charge on any atom is -0.444 e. The molecule has 2 fully saturated rings. The quantitative estimate of drug-likeness (QED) is 0.527. The summed E-state index contributed by atoms with van der Waals surface area (Å²) in [5.74, 6) is 2.18. The Kier molecular flexibility index (Phi) is 1.34. The van der Waals surface area contributed by atoms with Gasteiger partial charge < -0.3 is 10.1 Å². The first-order chi connectivity index (χ1) is 5.66. The maximum Gasteiger partial charge on any atom is 0.407 e. The topological polar surface area (TPSA) is 62.1 Å². The van der Waals surface area contributed by atoms with Crippen LogP contribution in [0.1, 0.15) is 6.92 Å². The summed E-state index contributed by atoms with van der Waals surface area (Å²) in [5, 5.41) is 11.3. The Morgan fingerprint density at radius 1 is 1.83 bits per heavy atom. The maximum atomic E-state index is 10.8. The molecule has 1 atom stereocenters. The fourth-order valence-corrected chi connectivity index (χ4v) is 1.95. The lowest BCUT2D eigenvalue weighted by Gasteiger charge is -2.40. The van der Waals surface area contributed by atoms with E-state index in [-0.39, 0.29) is 24.4 Å². The van der Waals surface area contributed by atoms with Gasteiger partial charge in [0.25, 0.3) is 6.71 Å². The molecule has 0 radical (unpaired) electrons. The third-order valence-electron chi connectivity index (χ3n) is 2.82. The highest BCUT2D eigenvalue weighted by Gasteiger charge is 2.56. The van der Waals surface area contributed by atoms with Gasteiger partial charge in [0.1, 0.15) is 6.10 Å². The number of ether oxygens (including phenoxy) is 1. The normalized spacial score (nSPS) is 30.5. The van der Waals surface area contributed by atoms with E-state index in [0.717, 1.165) is 12.6 Å². The largest absolute Gasteiger partial charge is 0.444 e. The first-order valence-corrected chi connectivity index (χ1v) is 4.05. The molecule has 0 aromatic heterocycles. The molecule has 2 aliphatic heterocycles. The maximum absolute atomic E-state index is 10.8. The van der Waals surface area contributed by atoms with Crippen LogP contribution in [0.25, 0.3) is 0 Å². The zero-order valence-electron chi connectivity index (χ0n) is 6.83. The Balaban J connectivity index is 2.07. The fourth-order valence-electron chi connectivity index (χ4n) is 1.95. The molecule has 1 amide bonds. The van der Waals surface area contributed by atoms with Crippen molar-refractivity contribution in [1.29, 1.82) is 5.26 Å². The highest BCUT2D eigenvalue weighted by atomic mass is 16.6. The van der Waals surface area contributed by atoms with Gasteiger partial charge in [-0.2, -0.15) is 0 Å². The highest BCUT2D eigenvalue weighted by Crippen LogP contribution is 2.40. The number of carbonyl (C=O) groups excluding carboxylic acids is 1. The fraction of sp³-hybridized carbons (Fsp3) is 0.714. The zero-order valence-corrected chi connectivity index (χ0v) is 6.83. The van der Waals surface area contributed by atoms with Crippen molar-refractivity contribution in [2.45, 2.75) is 31.2 Å². The van der Waals surface area contributed by atoms with Gasteiger partial charge in [-0.25, -0.2) is 10.1 Å². The number of hydrogen-bond donors (Lipinski definition) is 1. The van der Waals surface area contributed by atoms with Crippen LogP contribution in [0.15, 0.2) is 0 Å². The molecule has 1 spiro atoms. The van der Waals surface area contributed by atoms with Crippen molar-refractivity contribution in [1.82, 2.24) is 5.32 Å². The second kappa shape index (κ2) is 2.16. The number of nitriles is 1. The van der Waals surface area contributed by atoms with Crippen molar-refractivity contribution in [3.8, 4) is 5.97 Å². The molecule has 12 heavy (non-hydrogen) atoms. The molecular formula is C7H9BN2O2. The molecule has 0 aromatic rings. The van der Waals surface area contributed by atoms with Crippen molar-refractivity contribution in [2.75, 3.05) is 0 Å². The predicted molar refractivity (Wildman–Crippen MR) is 42.8 cm³/mol. The Morgan fingerprint density at radius 3 is 2.92 bits per heavy atom. The highest BCUT2D eigenvalue weighted by molar-refractivity contribution is 6.70. The second-order valence-corrected chi connectivity index (χ2v) is 3.56. The van der Waals surface area contributed by atoms with Gasteiger partial charge in [0.05, 0.1) is 5.54 Å². The molecule has 4 nitrogen and oxygen atoms in total. The molecule has 0 bridgehead atoms. The SMILES string of the molecule is CC1OC(=O)NC12CB(C#N)C2. The molecule has 2 aliphatic rings. The molecule has 2 rings (SSSR count). The lowest BCUT2D eigenvalue weighted by atomic mass is 9.29. The standard InChI is InChI=1S/C7H9BN2O2/c1-5-7(10-6(11)12-5)2-8(3-7)4-9/h5H,2-3H2,1H3,(H,10,11). The summed E-state index contributed by atoms with van der Waals surface area (Å²) < 4.78 is 4.95. The summed E-state index contributed by atoms with van der Waals surface area (Å²) in [6.07, 6.45) is 1.03. The van der Waals surface area contributed by atoms with E-state index in [9.17, 15) is 4.79 Å². The van der Waals surface area contributed by atoms with E-state index in [4.69, 9.17) is 10.00 Å². The monoisotopic (exact) mass is 164 g/mol. The van der Waals surface area contributed by atoms with Crippen LogP contribution >= 0.6 is 0 Å². The van der Waals surface area contributed by atoms with Crippen molar-refractivity contribution >= 4 is 12.8 Å². The van der Waals surface area contributed by atoms with Crippen LogP contribution in [0.2, 0.25) is 12.6 Å². The van der Waals surface area contributed by atoms with Crippen LogP contribution in [-0.2, 0) is 4.74 Å². The summed E-state index contributed by atoms with van der Waals surface area (Å²) >= 11 is 0. The Morgan fingerprint density at radius 2 is 2.50 bits per heavy atom. The van der Waals surface area contributed by atoms with E-state index < -0.39 is 0 Å². The van der Waals surface area contributed by atoms with Gasteiger partial charge in [0, 0.05) is 5.97 Å². The number of nitrogens with zero attached hydrogens (tertiary/aromatic N) is 1. The first kappa shape index (κ1) is 7.47. The summed E-state index contributed by atoms with van der Waals surface area (Å²) in [4.78, 5) is 10.8. The summed E-state index contributed by atoms with van der Waals surface area (Å²) in [6, 6.07) is 0. The molecule has 0 saturated carbocycles. The number of hydrogen-bond acceptors (Lipinski definition) is 3. The van der Waals surface area contributed by atoms with Gasteiger partial charge in [-0.15, -0.1) is 0 Å². The van der Waals surface area contributed by atoms with Crippen LogP contribution in [-0.4, -0.2) is 24.4 Å². The average molecular weight is 164 g/mol. The second-order valence-electron chi connectivity index (χ2n) is 3.56. The molecule has 2 heterocycles. The Hall–Kier alpha value is -1.18. The number of nitrogens with one attached hydrogen (secondary N) is 1. The molecule has 1 N–H and O–H groups in total. The van der Waals surface area contributed by atoms with Crippen LogP contribution in [0.5, 0.6) is 0 Å². The van der Waals surface area contributed by atoms with Crippen LogP contribution in [0, 0.1) is 11.2 Å². The van der Waals surface area contributed by atoms with Crippen molar-refractivity contribution in [3.63, 3.8) is 0 Å². The average Bonchev–Trinajstić information content (AvgIpc) is 2.22. The third-order valence-corrected chi connectivity index (χ3v) is 2.82. The molecule has 0 aliphatic carbocycles. The van der Waals surface area contributed by atoms with Gasteiger partial charge in [-0.05, 0) is 19.6 Å². The number of amides is 1. The lowest BCUT2D eigenvalue weighted by molar-refractivity contribution is 0.125. The van der Waals surface area contributed by atoms with Crippen LogP contribution < -0.4 is 5.32 Å². The minimum atomic E-state index is -0.348. The van der Waals surface area contributed by atoms with Crippen molar-refractivity contribution in [3.05, 3.63) is 0 Å². The van der Waals surface area contributed by atoms with Gasteiger partial charge >= 0.3 is 6.09 Å². The molecule has 2 saturated heterocycles. The van der Waals surface area contributed by atoms with E-state index >= 15 is 0 Å². The van der Waals surface area contributed by atoms with Crippen LogP contribution in [0.3, 0.4) is 0 Å². The van der Waals surface area contributed by atoms with Crippen LogP contribution in [0.4, 0.5) is 4.79 Å². The predicted octanol–water partition coefficient (Wildman–Crippen LogP) is 0.425. The number of carbonyl (C=O) groups is 1. The number of alkyl carbamates (subject to hydrolysis) is 1. The molecular weight excluding hydrogens is 155 g/mol. The molecule has 0 aromatic carbocycles. The van der Waals surface area contributed by atoms with E-state index in [1.54, 1.807) is 0 Å². The molecule has 5 heteroatoms. The van der Waals surface area contributed by atoms with E-state index in [1.165, 1.54) is 0 Å². The number of rotatable bonds is 0. The summed E-state index contributed by atoms with van der Waals surface area (Å²) in [6.45, 7) is 1.96. The van der Waals surface area contributed by atoms with Gasteiger partial charge in [-0.3, -0.25) is 0 Å². The van der Waals surface area contributed by atoms with Gasteiger partial charge in [0.15, 0.2) is 0 Å². The Bertz CT molecular complexity index is 267. The number of cyclic esters (lactones) is 1. The van der Waals surface area contributed by atoms with E-state index in [2.05, 4.69) is 11.3 Å². The van der Waals surface area contributed by atoms with E-state index in [0.29, 0.717) is 0 Å². The zero-order chi connectivity index (χ0) is 8.77. The minimum absolute atomic E-state index is 0.0883. The van der Waals surface area contributed by atoms with Gasteiger partial charge in [-0.1, -0.05) is 0 Å². The van der Waals surface area contributed by atoms with Crippen molar-refractivity contribution < 1.29 is 9.53 Å². The van der Waals surface area contributed by atoms with Gasteiger partial charge in [0.2, 0.25) is 0 Å². The smallest absolute Gasteiger partial charge is 0.407 e. The van der Waals surface area contributed by atoms with Crippen molar-refractivity contribution in [2.24, 2.45) is 0 Å². The lowest BCUT2D eigenvalue weighted by Crippen LogP contribution is -2.59. The summed E-state index contributed by atoms with van der Waals surface area (Å²) in [7, 11) is 0.